The minimum Gasteiger partial charge on any atom is -0.497 e. The summed E-state index contributed by atoms with van der Waals surface area (Å²) in [4.78, 5) is 42.2. The fourth-order valence-corrected chi connectivity index (χ4v) is 5.26. The van der Waals surface area contributed by atoms with Crippen molar-refractivity contribution in [1.29, 1.82) is 0 Å². The van der Waals surface area contributed by atoms with Gasteiger partial charge in [0.05, 0.1) is 26.9 Å². The highest BCUT2D eigenvalue weighted by molar-refractivity contribution is 9.10. The third-order valence-corrected chi connectivity index (χ3v) is 7.07. The quantitative estimate of drug-likeness (QED) is 0.464. The first-order chi connectivity index (χ1) is 17.1. The maximum absolute atomic E-state index is 13.8. The summed E-state index contributed by atoms with van der Waals surface area (Å²) in [5, 5.41) is 0. The van der Waals surface area contributed by atoms with Gasteiger partial charge in [0.1, 0.15) is 11.4 Å². The molecule has 1 aliphatic heterocycles. The molecule has 8 heteroatoms. The molecule has 2 aromatic carbocycles. The van der Waals surface area contributed by atoms with Crippen LogP contribution >= 0.6 is 15.9 Å². The lowest BCUT2D eigenvalue weighted by Crippen LogP contribution is -2.43. The highest BCUT2D eigenvalue weighted by atomic mass is 79.9. The molecule has 0 aromatic heterocycles. The molecular weight excluding hydrogens is 526 g/mol. The molecule has 2 aliphatic rings. The number of esters is 2. The number of rotatable bonds is 5. The zero-order chi connectivity index (χ0) is 26.2. The maximum atomic E-state index is 13.8. The fourth-order valence-electron chi connectivity index (χ4n) is 4.99. The van der Waals surface area contributed by atoms with E-state index in [0.29, 0.717) is 41.1 Å². The SMILES string of the molecule is COC(=O)C1=C(C(=O)OC)N(c2ccc(OC)cc2)C2=C(C(=O)CC(C)(C)C2)C1c1ccc(Br)cc1. The molecule has 0 spiro atoms. The lowest BCUT2D eigenvalue weighted by Gasteiger charge is -2.44. The molecule has 1 heterocycles. The van der Waals surface area contributed by atoms with Crippen molar-refractivity contribution in [3.05, 3.63) is 81.1 Å². The number of allylic oxidation sites excluding steroid dienone is 2. The number of anilines is 1. The van der Waals surface area contributed by atoms with E-state index >= 15 is 0 Å². The Hall–Kier alpha value is -3.39. The van der Waals surface area contributed by atoms with E-state index in [1.54, 1.807) is 36.3 Å². The van der Waals surface area contributed by atoms with Gasteiger partial charge in [-0.3, -0.25) is 4.79 Å². The Morgan fingerprint density at radius 3 is 2.08 bits per heavy atom. The van der Waals surface area contributed by atoms with Gasteiger partial charge in [0.25, 0.3) is 0 Å². The molecule has 7 nitrogen and oxygen atoms in total. The van der Waals surface area contributed by atoms with Crippen LogP contribution in [0.3, 0.4) is 0 Å². The summed E-state index contributed by atoms with van der Waals surface area (Å²) in [6.07, 6.45) is 0.833. The Bertz CT molecular complexity index is 1270. The number of nitrogens with zero attached hydrogens (tertiary/aromatic N) is 1. The van der Waals surface area contributed by atoms with Crippen LogP contribution in [0.1, 0.15) is 38.2 Å². The first kappa shape index (κ1) is 25.7. The smallest absolute Gasteiger partial charge is 0.355 e. The van der Waals surface area contributed by atoms with Gasteiger partial charge in [-0.25, -0.2) is 9.59 Å². The van der Waals surface area contributed by atoms with Crippen molar-refractivity contribution in [2.24, 2.45) is 5.41 Å². The molecule has 0 N–H and O–H groups in total. The first-order valence-electron chi connectivity index (χ1n) is 11.5. The van der Waals surface area contributed by atoms with Crippen LogP contribution in [0, 0.1) is 5.41 Å². The number of halogens is 1. The Morgan fingerprint density at radius 1 is 0.917 bits per heavy atom. The zero-order valence-corrected chi connectivity index (χ0v) is 22.5. The summed E-state index contributed by atoms with van der Waals surface area (Å²) in [5.41, 5.74) is 2.21. The number of Topliss-reactive ketones (excluding diaryl/α,β-unsaturated/α-hetero) is 1. The molecular formula is C28H28BrNO6. The number of hydrogen-bond acceptors (Lipinski definition) is 7. The normalized spacial score (nSPS) is 19.1. The lowest BCUT2D eigenvalue weighted by molar-refractivity contribution is -0.139. The van der Waals surface area contributed by atoms with Crippen LogP contribution in [0.15, 0.2) is 75.5 Å². The molecule has 0 saturated carbocycles. The minimum atomic E-state index is -0.784. The van der Waals surface area contributed by atoms with Gasteiger partial charge in [-0.05, 0) is 53.8 Å². The van der Waals surface area contributed by atoms with Gasteiger partial charge in [0, 0.05) is 33.8 Å². The number of carbonyl (C=O) groups excluding carboxylic acids is 3. The van der Waals surface area contributed by atoms with Crippen molar-refractivity contribution in [3.8, 4) is 5.75 Å². The molecule has 1 aliphatic carbocycles. The average molecular weight is 554 g/mol. The van der Waals surface area contributed by atoms with Crippen molar-refractivity contribution in [3.63, 3.8) is 0 Å². The number of benzene rings is 2. The van der Waals surface area contributed by atoms with E-state index in [1.165, 1.54) is 14.2 Å². The van der Waals surface area contributed by atoms with E-state index in [4.69, 9.17) is 14.2 Å². The Balaban J connectivity index is 2.10. The van der Waals surface area contributed by atoms with Crippen LogP contribution < -0.4 is 9.64 Å². The van der Waals surface area contributed by atoms with Gasteiger partial charge in [-0.15, -0.1) is 0 Å². The summed E-state index contributed by atoms with van der Waals surface area (Å²) in [6, 6.07) is 14.5. The molecule has 1 unspecified atom stereocenters. The molecule has 0 saturated heterocycles. The highest BCUT2D eigenvalue weighted by Crippen LogP contribution is 2.51. The Morgan fingerprint density at radius 2 is 1.53 bits per heavy atom. The van der Waals surface area contributed by atoms with Gasteiger partial charge in [0.2, 0.25) is 0 Å². The lowest BCUT2D eigenvalue weighted by atomic mass is 9.68. The third kappa shape index (κ3) is 4.57. The zero-order valence-electron chi connectivity index (χ0n) is 20.9. The van der Waals surface area contributed by atoms with E-state index in [1.807, 2.05) is 38.1 Å². The standard InChI is InChI=1S/C28H28BrNO6/c1-28(2)14-20-23(21(31)15-28)22(16-6-8-17(29)9-7-16)24(26(32)35-4)25(27(33)36-5)30(20)18-10-12-19(34-3)13-11-18/h6-13,22H,14-15H2,1-5H3. The van der Waals surface area contributed by atoms with Crippen molar-refractivity contribution in [2.45, 2.75) is 32.6 Å². The largest absolute Gasteiger partial charge is 0.497 e. The molecule has 36 heavy (non-hydrogen) atoms. The monoisotopic (exact) mass is 553 g/mol. The van der Waals surface area contributed by atoms with Crippen LogP contribution in [-0.2, 0) is 23.9 Å². The Kier molecular flexibility index (Phi) is 7.09. The van der Waals surface area contributed by atoms with E-state index in [9.17, 15) is 14.4 Å². The predicted molar refractivity (Wildman–Crippen MR) is 138 cm³/mol. The molecule has 188 valence electrons. The van der Waals surface area contributed by atoms with Crippen LogP contribution in [0.2, 0.25) is 0 Å². The van der Waals surface area contributed by atoms with E-state index in [2.05, 4.69) is 15.9 Å². The summed E-state index contributed by atoms with van der Waals surface area (Å²) in [6.45, 7) is 4.04. The number of hydrogen-bond donors (Lipinski definition) is 0. The molecule has 2 aromatic rings. The molecule has 0 radical (unpaired) electrons. The molecule has 4 rings (SSSR count). The predicted octanol–water partition coefficient (Wildman–Crippen LogP) is 5.30. The summed E-state index contributed by atoms with van der Waals surface area (Å²) in [7, 11) is 4.10. The molecule has 0 amide bonds. The van der Waals surface area contributed by atoms with Gasteiger partial charge < -0.3 is 19.1 Å². The van der Waals surface area contributed by atoms with Crippen LogP contribution in [0.5, 0.6) is 5.75 Å². The van der Waals surface area contributed by atoms with Crippen LogP contribution in [0.4, 0.5) is 5.69 Å². The van der Waals surface area contributed by atoms with E-state index in [-0.39, 0.29) is 22.5 Å². The number of carbonyl (C=O) groups is 3. The number of ketones is 1. The topological polar surface area (TPSA) is 82.1 Å². The second-order valence-electron chi connectivity index (χ2n) is 9.56. The van der Waals surface area contributed by atoms with Crippen LogP contribution in [-0.4, -0.2) is 39.1 Å². The molecule has 0 fully saturated rings. The second kappa shape index (κ2) is 9.93. The van der Waals surface area contributed by atoms with E-state index < -0.39 is 17.9 Å². The highest BCUT2D eigenvalue weighted by Gasteiger charge is 2.48. The average Bonchev–Trinajstić information content (AvgIpc) is 2.86. The molecule has 0 bridgehead atoms. The van der Waals surface area contributed by atoms with Gasteiger partial charge in [0.15, 0.2) is 5.78 Å². The maximum Gasteiger partial charge on any atom is 0.355 e. The van der Waals surface area contributed by atoms with Gasteiger partial charge >= 0.3 is 11.9 Å². The van der Waals surface area contributed by atoms with Crippen molar-refractivity contribution < 1.29 is 28.6 Å². The van der Waals surface area contributed by atoms with Crippen molar-refractivity contribution in [2.75, 3.05) is 26.2 Å². The molecule has 1 atom stereocenters. The van der Waals surface area contributed by atoms with Crippen molar-refractivity contribution >= 4 is 39.3 Å². The van der Waals surface area contributed by atoms with Crippen LogP contribution in [0.25, 0.3) is 0 Å². The second-order valence-corrected chi connectivity index (χ2v) is 10.5. The summed E-state index contributed by atoms with van der Waals surface area (Å²) in [5.74, 6) is -1.62. The number of methoxy groups -OCH3 is 3. The summed E-state index contributed by atoms with van der Waals surface area (Å²) < 4.78 is 16.5. The van der Waals surface area contributed by atoms with Gasteiger partial charge in [-0.1, -0.05) is 41.9 Å². The minimum absolute atomic E-state index is 0.0340. The Labute approximate surface area is 218 Å². The summed E-state index contributed by atoms with van der Waals surface area (Å²) >= 11 is 3.45. The number of ether oxygens (including phenoxy) is 3. The van der Waals surface area contributed by atoms with E-state index in [0.717, 1.165) is 4.47 Å². The van der Waals surface area contributed by atoms with Gasteiger partial charge in [-0.2, -0.15) is 0 Å². The van der Waals surface area contributed by atoms with Crippen molar-refractivity contribution in [1.82, 2.24) is 0 Å². The fraction of sp³-hybridized carbons (Fsp3) is 0.321. The first-order valence-corrected chi connectivity index (χ1v) is 12.3. The third-order valence-electron chi connectivity index (χ3n) is 6.54.